The molecule has 1 N–H and O–H groups in total. The highest BCUT2D eigenvalue weighted by Gasteiger charge is 2.43. The fourth-order valence-electron chi connectivity index (χ4n) is 4.53. The second-order valence-electron chi connectivity index (χ2n) is 7.29. The van der Waals surface area contributed by atoms with Crippen molar-refractivity contribution < 1.29 is 9.67 Å². The van der Waals surface area contributed by atoms with Crippen LogP contribution in [0.4, 0.5) is 0 Å². The molecule has 0 aromatic heterocycles. The van der Waals surface area contributed by atoms with E-state index in [-0.39, 0.29) is 5.75 Å². The zero-order valence-corrected chi connectivity index (χ0v) is 14.7. The van der Waals surface area contributed by atoms with Crippen LogP contribution in [-0.2, 0) is 4.57 Å². The highest BCUT2D eigenvalue weighted by Crippen LogP contribution is 2.62. The van der Waals surface area contributed by atoms with Gasteiger partial charge in [0.2, 0.25) is 0 Å². The Bertz CT molecular complexity index is 533. The van der Waals surface area contributed by atoms with E-state index < -0.39 is 7.14 Å². The lowest BCUT2D eigenvalue weighted by Crippen LogP contribution is -2.30. The Balaban J connectivity index is 2.04. The molecular weight excluding hydrogens is 291 g/mol. The van der Waals surface area contributed by atoms with Gasteiger partial charge in [0.25, 0.3) is 0 Å². The summed E-state index contributed by atoms with van der Waals surface area (Å²) in [5, 5.41) is 11.3. The van der Waals surface area contributed by atoms with Gasteiger partial charge in [-0.25, -0.2) is 0 Å². The summed E-state index contributed by atoms with van der Waals surface area (Å²) in [4.78, 5) is 0. The van der Waals surface area contributed by atoms with Gasteiger partial charge in [-0.2, -0.15) is 0 Å². The molecule has 0 saturated heterocycles. The summed E-state index contributed by atoms with van der Waals surface area (Å²) in [5.74, 6) is 0.269. The molecule has 0 unspecified atom stereocenters. The zero-order chi connectivity index (χ0) is 15.6. The van der Waals surface area contributed by atoms with Crippen molar-refractivity contribution in [3.05, 3.63) is 23.8 Å². The molecule has 3 heteroatoms. The van der Waals surface area contributed by atoms with E-state index in [4.69, 9.17) is 0 Å². The molecule has 0 spiro atoms. The highest BCUT2D eigenvalue weighted by atomic mass is 31.2. The smallest absolute Gasteiger partial charge is 0.126 e. The molecule has 2 fully saturated rings. The van der Waals surface area contributed by atoms with E-state index in [9.17, 15) is 9.67 Å². The maximum Gasteiger partial charge on any atom is 0.126 e. The molecule has 1 aromatic rings. The molecule has 0 heterocycles. The highest BCUT2D eigenvalue weighted by molar-refractivity contribution is 7.73. The molecule has 0 aliphatic heterocycles. The van der Waals surface area contributed by atoms with E-state index in [1.807, 2.05) is 19.1 Å². The maximum atomic E-state index is 14.3. The molecule has 0 bridgehead atoms. The van der Waals surface area contributed by atoms with Gasteiger partial charge in [0, 0.05) is 11.3 Å². The fourth-order valence-corrected chi connectivity index (χ4v) is 9.02. The Morgan fingerprint density at radius 3 is 1.91 bits per heavy atom. The van der Waals surface area contributed by atoms with Crippen LogP contribution in [0.2, 0.25) is 0 Å². The first kappa shape index (κ1) is 16.1. The third kappa shape index (κ3) is 3.00. The van der Waals surface area contributed by atoms with Crippen LogP contribution in [0.3, 0.4) is 0 Å². The molecule has 2 aliphatic rings. The van der Waals surface area contributed by atoms with Gasteiger partial charge in [0.05, 0.1) is 5.30 Å². The molecule has 2 aliphatic carbocycles. The van der Waals surface area contributed by atoms with E-state index in [1.54, 1.807) is 6.07 Å². The number of aromatic hydroxyl groups is 1. The van der Waals surface area contributed by atoms with Crippen LogP contribution in [0.25, 0.3) is 0 Å². The fraction of sp³-hybridized carbons (Fsp3) is 0.684. The first-order chi connectivity index (χ1) is 10.6. The second-order valence-corrected chi connectivity index (χ2v) is 10.6. The third-order valence-corrected chi connectivity index (χ3v) is 10.1. The Hall–Kier alpha value is -0.750. The molecule has 0 amide bonds. The number of benzene rings is 1. The van der Waals surface area contributed by atoms with E-state index in [2.05, 4.69) is 0 Å². The average Bonchev–Trinajstić information content (AvgIpc) is 2.58. The second kappa shape index (κ2) is 6.79. The van der Waals surface area contributed by atoms with Gasteiger partial charge in [0.15, 0.2) is 0 Å². The van der Waals surface area contributed by atoms with Crippen molar-refractivity contribution in [3.63, 3.8) is 0 Å². The van der Waals surface area contributed by atoms with Crippen molar-refractivity contribution in [2.45, 2.75) is 82.4 Å². The van der Waals surface area contributed by atoms with Gasteiger partial charge in [0.1, 0.15) is 12.9 Å². The molecule has 0 radical (unpaired) electrons. The minimum atomic E-state index is -2.54. The minimum Gasteiger partial charge on any atom is -0.507 e. The Kier molecular flexibility index (Phi) is 4.97. The lowest BCUT2D eigenvalue weighted by Gasteiger charge is -2.38. The molecule has 2 nitrogen and oxygen atoms in total. The molecule has 122 valence electrons. The van der Waals surface area contributed by atoms with Crippen LogP contribution in [0.1, 0.15) is 69.8 Å². The first-order valence-corrected chi connectivity index (χ1v) is 10.9. The molecule has 2 saturated carbocycles. The van der Waals surface area contributed by atoms with Gasteiger partial charge < -0.3 is 9.67 Å². The van der Waals surface area contributed by atoms with Gasteiger partial charge in [-0.15, -0.1) is 0 Å². The van der Waals surface area contributed by atoms with Crippen molar-refractivity contribution in [2.24, 2.45) is 0 Å². The SMILES string of the molecule is Cc1ccc(O)c(P(=O)(C2CCCCC2)C2CCCCC2)c1. The van der Waals surface area contributed by atoms with E-state index in [1.165, 1.54) is 38.5 Å². The summed E-state index contributed by atoms with van der Waals surface area (Å²) in [6.07, 6.45) is 11.7. The maximum absolute atomic E-state index is 14.3. The molecule has 3 rings (SSSR count). The standard InChI is InChI=1S/C19H29O2P/c1-15-12-13-18(20)19(14-15)22(21,16-8-4-2-5-9-16)17-10-6-3-7-11-17/h12-14,16-17,20H,2-11H2,1H3. The first-order valence-electron chi connectivity index (χ1n) is 9.02. The van der Waals surface area contributed by atoms with E-state index >= 15 is 0 Å². The predicted octanol–water partition coefficient (Wildman–Crippen LogP) is 5.35. The number of phenolic OH excluding ortho intramolecular Hbond substituents is 1. The van der Waals surface area contributed by atoms with Crippen LogP contribution in [0, 0.1) is 6.92 Å². The number of rotatable bonds is 3. The van der Waals surface area contributed by atoms with Crippen LogP contribution >= 0.6 is 7.14 Å². The van der Waals surface area contributed by atoms with Crippen LogP contribution in [0.15, 0.2) is 18.2 Å². The Morgan fingerprint density at radius 1 is 0.909 bits per heavy atom. The molecule has 0 atom stereocenters. The number of phenols is 1. The van der Waals surface area contributed by atoms with Crippen molar-refractivity contribution in [3.8, 4) is 5.75 Å². The Morgan fingerprint density at radius 2 is 1.41 bits per heavy atom. The van der Waals surface area contributed by atoms with Crippen molar-refractivity contribution in [1.29, 1.82) is 0 Å². The Labute approximate surface area is 134 Å². The summed E-state index contributed by atoms with van der Waals surface area (Å²) < 4.78 is 14.3. The van der Waals surface area contributed by atoms with Crippen molar-refractivity contribution in [2.75, 3.05) is 0 Å². The number of aryl methyl sites for hydroxylation is 1. The zero-order valence-electron chi connectivity index (χ0n) is 13.8. The van der Waals surface area contributed by atoms with Gasteiger partial charge in [-0.05, 0) is 44.7 Å². The van der Waals surface area contributed by atoms with Crippen LogP contribution in [0.5, 0.6) is 5.75 Å². The normalized spacial score (nSPS) is 21.9. The summed E-state index contributed by atoms with van der Waals surface area (Å²) in [5.41, 5.74) is 1.72. The third-order valence-electron chi connectivity index (χ3n) is 5.74. The lowest BCUT2D eigenvalue weighted by atomic mass is 9.99. The van der Waals surface area contributed by atoms with Crippen LogP contribution < -0.4 is 5.30 Å². The van der Waals surface area contributed by atoms with Crippen molar-refractivity contribution >= 4 is 12.4 Å². The van der Waals surface area contributed by atoms with E-state index in [0.717, 1.165) is 36.6 Å². The topological polar surface area (TPSA) is 37.3 Å². The van der Waals surface area contributed by atoms with Crippen molar-refractivity contribution in [1.82, 2.24) is 0 Å². The molecule has 1 aromatic carbocycles. The van der Waals surface area contributed by atoms with Gasteiger partial charge in [-0.3, -0.25) is 0 Å². The summed E-state index contributed by atoms with van der Waals surface area (Å²) in [6, 6.07) is 5.69. The summed E-state index contributed by atoms with van der Waals surface area (Å²) >= 11 is 0. The number of hydrogen-bond donors (Lipinski definition) is 1. The quantitative estimate of drug-likeness (QED) is 0.762. The average molecular weight is 320 g/mol. The predicted molar refractivity (Wildman–Crippen MR) is 93.8 cm³/mol. The largest absolute Gasteiger partial charge is 0.507 e. The molecular formula is C19H29O2P. The lowest BCUT2D eigenvalue weighted by molar-refractivity contribution is 0.449. The monoisotopic (exact) mass is 320 g/mol. The van der Waals surface area contributed by atoms with Gasteiger partial charge >= 0.3 is 0 Å². The van der Waals surface area contributed by atoms with Crippen LogP contribution in [-0.4, -0.2) is 16.4 Å². The van der Waals surface area contributed by atoms with E-state index in [0.29, 0.717) is 11.3 Å². The minimum absolute atomic E-state index is 0.269. The molecule has 22 heavy (non-hydrogen) atoms. The number of hydrogen-bond acceptors (Lipinski definition) is 2. The summed E-state index contributed by atoms with van der Waals surface area (Å²) in [6.45, 7) is 2.04. The summed E-state index contributed by atoms with van der Waals surface area (Å²) in [7, 11) is -2.54. The van der Waals surface area contributed by atoms with Gasteiger partial charge in [-0.1, -0.05) is 50.2 Å².